The van der Waals surface area contributed by atoms with E-state index in [1.165, 1.54) is 32.1 Å². The Balaban J connectivity index is 1.87. The van der Waals surface area contributed by atoms with Crippen molar-refractivity contribution in [3.8, 4) is 0 Å². The second-order valence-electron chi connectivity index (χ2n) is 5.98. The van der Waals surface area contributed by atoms with Crippen LogP contribution in [0.25, 0.3) is 0 Å². The van der Waals surface area contributed by atoms with Gasteiger partial charge in [0, 0.05) is 18.6 Å². The number of hydrogen-bond acceptors (Lipinski definition) is 3. The van der Waals surface area contributed by atoms with E-state index >= 15 is 0 Å². The van der Waals surface area contributed by atoms with Crippen LogP contribution in [0, 0.1) is 0 Å². The molecule has 2 saturated heterocycles. The molecule has 0 aliphatic carbocycles. The molecule has 0 aromatic rings. The summed E-state index contributed by atoms with van der Waals surface area (Å²) in [5.41, 5.74) is 0. The third-order valence-corrected chi connectivity index (χ3v) is 4.69. The summed E-state index contributed by atoms with van der Waals surface area (Å²) in [6, 6.07) is 1.03. The number of nitrogens with zero attached hydrogens (tertiary/aromatic N) is 2. The van der Waals surface area contributed by atoms with E-state index in [2.05, 4.69) is 29.0 Å². The molecule has 2 aliphatic heterocycles. The molecule has 4 heteroatoms. The lowest BCUT2D eigenvalue weighted by atomic mass is 10.0. The molecular formula is C15H29N3O. The van der Waals surface area contributed by atoms with Crippen molar-refractivity contribution < 1.29 is 4.79 Å². The highest BCUT2D eigenvalue weighted by Gasteiger charge is 2.27. The average molecular weight is 267 g/mol. The van der Waals surface area contributed by atoms with E-state index in [-0.39, 0.29) is 0 Å². The van der Waals surface area contributed by atoms with Crippen LogP contribution in [0.1, 0.15) is 46.0 Å². The Morgan fingerprint density at radius 2 is 2.00 bits per heavy atom. The van der Waals surface area contributed by atoms with E-state index in [9.17, 15) is 4.79 Å². The first-order valence-corrected chi connectivity index (χ1v) is 7.96. The zero-order valence-corrected chi connectivity index (χ0v) is 12.5. The monoisotopic (exact) mass is 267 g/mol. The molecule has 1 N–H and O–H groups in total. The van der Waals surface area contributed by atoms with E-state index < -0.39 is 0 Å². The van der Waals surface area contributed by atoms with Gasteiger partial charge in [0.25, 0.3) is 0 Å². The highest BCUT2D eigenvalue weighted by molar-refractivity contribution is 5.78. The summed E-state index contributed by atoms with van der Waals surface area (Å²) < 4.78 is 0. The number of rotatable bonds is 4. The summed E-state index contributed by atoms with van der Waals surface area (Å²) in [7, 11) is 0. The molecule has 110 valence electrons. The second kappa shape index (κ2) is 7.25. The van der Waals surface area contributed by atoms with Gasteiger partial charge >= 0.3 is 0 Å². The Morgan fingerprint density at radius 3 is 2.63 bits per heavy atom. The summed E-state index contributed by atoms with van der Waals surface area (Å²) >= 11 is 0. The molecule has 0 spiro atoms. The Hall–Kier alpha value is -0.610. The summed E-state index contributed by atoms with van der Waals surface area (Å²) in [6.45, 7) is 9.12. The summed E-state index contributed by atoms with van der Waals surface area (Å²) in [5, 5.41) is 3.40. The van der Waals surface area contributed by atoms with E-state index in [4.69, 9.17) is 0 Å². The van der Waals surface area contributed by atoms with Crippen molar-refractivity contribution in [3.05, 3.63) is 0 Å². The fraction of sp³-hybridized carbons (Fsp3) is 0.933. The van der Waals surface area contributed by atoms with Gasteiger partial charge < -0.3 is 10.2 Å². The minimum absolute atomic E-state index is 0.340. The molecule has 19 heavy (non-hydrogen) atoms. The summed E-state index contributed by atoms with van der Waals surface area (Å²) in [6.07, 6.45) is 5.98. The molecule has 0 bridgehead atoms. The number of hydrogen-bond donors (Lipinski definition) is 1. The Morgan fingerprint density at radius 1 is 1.26 bits per heavy atom. The fourth-order valence-electron chi connectivity index (χ4n) is 3.40. The molecule has 0 radical (unpaired) electrons. The van der Waals surface area contributed by atoms with Crippen molar-refractivity contribution in [2.24, 2.45) is 0 Å². The van der Waals surface area contributed by atoms with E-state index in [0.717, 1.165) is 26.2 Å². The first kappa shape index (κ1) is 14.8. The minimum atomic E-state index is 0.340. The summed E-state index contributed by atoms with van der Waals surface area (Å²) in [5.74, 6) is 0.340. The van der Waals surface area contributed by atoms with Crippen LogP contribution in [0.4, 0.5) is 0 Å². The first-order chi connectivity index (χ1) is 9.22. The predicted octanol–water partition coefficient (Wildman–Crippen LogP) is 1.46. The molecule has 2 rings (SSSR count). The number of piperidine rings is 2. The number of nitrogens with one attached hydrogen (secondary N) is 1. The van der Waals surface area contributed by atoms with Crippen molar-refractivity contribution in [1.29, 1.82) is 0 Å². The van der Waals surface area contributed by atoms with Gasteiger partial charge in [-0.3, -0.25) is 9.69 Å². The van der Waals surface area contributed by atoms with Gasteiger partial charge in [-0.15, -0.1) is 0 Å². The van der Waals surface area contributed by atoms with Gasteiger partial charge in [0.05, 0.1) is 6.54 Å². The van der Waals surface area contributed by atoms with Crippen molar-refractivity contribution >= 4 is 5.91 Å². The SMILES string of the molecule is CCN(CC(=O)N1CCCCC1C)C1CCNCC1. The average Bonchev–Trinajstić information content (AvgIpc) is 2.46. The number of likely N-dealkylation sites (N-methyl/N-ethyl adjacent to an activating group) is 1. The molecule has 4 nitrogen and oxygen atoms in total. The van der Waals surface area contributed by atoms with Crippen LogP contribution >= 0.6 is 0 Å². The lowest BCUT2D eigenvalue weighted by Gasteiger charge is -2.38. The number of carbonyl (C=O) groups is 1. The lowest BCUT2D eigenvalue weighted by Crippen LogP contribution is -2.50. The molecule has 0 aromatic carbocycles. The van der Waals surface area contributed by atoms with Gasteiger partial charge in [-0.25, -0.2) is 0 Å². The van der Waals surface area contributed by atoms with Crippen LogP contribution in [0.3, 0.4) is 0 Å². The third kappa shape index (κ3) is 3.93. The number of amides is 1. The first-order valence-electron chi connectivity index (χ1n) is 7.96. The van der Waals surface area contributed by atoms with Gasteiger partial charge in [0.2, 0.25) is 5.91 Å². The molecule has 1 amide bonds. The Bertz CT molecular complexity index is 289. The molecule has 0 saturated carbocycles. The van der Waals surface area contributed by atoms with Gasteiger partial charge in [-0.2, -0.15) is 0 Å². The van der Waals surface area contributed by atoms with E-state index in [1.54, 1.807) is 0 Å². The Kier molecular flexibility index (Phi) is 5.64. The Labute approximate surface area is 117 Å². The van der Waals surface area contributed by atoms with Crippen LogP contribution in [0.5, 0.6) is 0 Å². The number of carbonyl (C=O) groups excluding carboxylic acids is 1. The van der Waals surface area contributed by atoms with Gasteiger partial charge in [-0.05, 0) is 58.7 Å². The zero-order valence-electron chi connectivity index (χ0n) is 12.5. The maximum absolute atomic E-state index is 12.5. The quantitative estimate of drug-likeness (QED) is 0.837. The number of likely N-dealkylation sites (tertiary alicyclic amines) is 1. The maximum atomic E-state index is 12.5. The highest BCUT2D eigenvalue weighted by Crippen LogP contribution is 2.18. The lowest BCUT2D eigenvalue weighted by molar-refractivity contribution is -0.136. The summed E-state index contributed by atoms with van der Waals surface area (Å²) in [4.78, 5) is 17.0. The zero-order chi connectivity index (χ0) is 13.7. The molecule has 2 fully saturated rings. The van der Waals surface area contributed by atoms with Crippen LogP contribution < -0.4 is 5.32 Å². The minimum Gasteiger partial charge on any atom is -0.339 e. The molecule has 1 atom stereocenters. The predicted molar refractivity (Wildman–Crippen MR) is 78.2 cm³/mol. The molecule has 1 unspecified atom stereocenters. The smallest absolute Gasteiger partial charge is 0.236 e. The third-order valence-electron chi connectivity index (χ3n) is 4.69. The van der Waals surface area contributed by atoms with Crippen molar-refractivity contribution in [2.45, 2.75) is 58.0 Å². The van der Waals surface area contributed by atoms with Crippen LogP contribution in [0.15, 0.2) is 0 Å². The fourth-order valence-corrected chi connectivity index (χ4v) is 3.40. The topological polar surface area (TPSA) is 35.6 Å². The van der Waals surface area contributed by atoms with Crippen molar-refractivity contribution in [2.75, 3.05) is 32.7 Å². The molecular weight excluding hydrogens is 238 g/mol. The largest absolute Gasteiger partial charge is 0.339 e. The van der Waals surface area contributed by atoms with Gasteiger partial charge in [0.15, 0.2) is 0 Å². The molecule has 2 heterocycles. The van der Waals surface area contributed by atoms with Crippen LogP contribution in [-0.2, 0) is 4.79 Å². The normalized spacial score (nSPS) is 25.8. The second-order valence-corrected chi connectivity index (χ2v) is 5.98. The van der Waals surface area contributed by atoms with Crippen LogP contribution in [0.2, 0.25) is 0 Å². The maximum Gasteiger partial charge on any atom is 0.236 e. The van der Waals surface area contributed by atoms with E-state index in [0.29, 0.717) is 24.5 Å². The van der Waals surface area contributed by atoms with Gasteiger partial charge in [-0.1, -0.05) is 6.92 Å². The molecule has 2 aliphatic rings. The standard InChI is InChI=1S/C15H29N3O/c1-3-17(14-7-9-16-10-8-14)12-15(19)18-11-5-4-6-13(18)2/h13-14,16H,3-12H2,1-2H3. The van der Waals surface area contributed by atoms with E-state index in [1.807, 2.05) is 0 Å². The van der Waals surface area contributed by atoms with Crippen molar-refractivity contribution in [3.63, 3.8) is 0 Å². The van der Waals surface area contributed by atoms with Crippen molar-refractivity contribution in [1.82, 2.24) is 15.1 Å². The van der Waals surface area contributed by atoms with Gasteiger partial charge in [0.1, 0.15) is 0 Å². The highest BCUT2D eigenvalue weighted by atomic mass is 16.2. The van der Waals surface area contributed by atoms with Crippen LogP contribution in [-0.4, -0.2) is 60.5 Å². The molecule has 0 aromatic heterocycles.